The van der Waals surface area contributed by atoms with Crippen molar-refractivity contribution in [3.63, 3.8) is 0 Å². The Morgan fingerprint density at radius 3 is 2.00 bits per heavy atom. The van der Waals surface area contributed by atoms with E-state index in [0.29, 0.717) is 41.7 Å². The SMILES string of the molecule is CCOc1cc(C2C(C(=O)Nc3cc(C)ccc3C)C(=O)CC(C)(O)C2C(=O)Nc2cc(C)ccc2C)ccc1OCc1cccc(C)c1. The van der Waals surface area contributed by atoms with E-state index in [-0.39, 0.29) is 6.42 Å². The zero-order valence-electron chi connectivity index (χ0n) is 29.3. The average molecular weight is 663 g/mol. The molecule has 4 aromatic carbocycles. The number of aliphatic hydroxyl groups is 1. The molecule has 1 aliphatic carbocycles. The summed E-state index contributed by atoms with van der Waals surface area (Å²) in [5.41, 5.74) is 5.62. The summed E-state index contributed by atoms with van der Waals surface area (Å²) in [5.74, 6) is -4.07. The first-order valence-corrected chi connectivity index (χ1v) is 16.7. The van der Waals surface area contributed by atoms with E-state index in [9.17, 15) is 19.5 Å². The highest BCUT2D eigenvalue weighted by Crippen LogP contribution is 2.48. The highest BCUT2D eigenvalue weighted by molar-refractivity contribution is 6.10. The molecule has 256 valence electrons. The van der Waals surface area contributed by atoms with Gasteiger partial charge in [-0.2, -0.15) is 0 Å². The molecular formula is C41H46N2O6. The molecule has 1 fully saturated rings. The van der Waals surface area contributed by atoms with Crippen LogP contribution in [0.25, 0.3) is 0 Å². The summed E-state index contributed by atoms with van der Waals surface area (Å²) in [5, 5.41) is 17.9. The van der Waals surface area contributed by atoms with Crippen molar-refractivity contribution in [3.8, 4) is 11.5 Å². The number of hydrogen-bond acceptors (Lipinski definition) is 6. The van der Waals surface area contributed by atoms with Gasteiger partial charge in [0.15, 0.2) is 11.5 Å². The molecule has 0 saturated heterocycles. The lowest BCUT2D eigenvalue weighted by atomic mass is 9.61. The minimum Gasteiger partial charge on any atom is -0.490 e. The molecule has 3 N–H and O–H groups in total. The molecular weight excluding hydrogens is 616 g/mol. The Balaban J connectivity index is 1.59. The molecule has 4 aromatic rings. The summed E-state index contributed by atoms with van der Waals surface area (Å²) >= 11 is 0. The van der Waals surface area contributed by atoms with Crippen LogP contribution >= 0.6 is 0 Å². The summed E-state index contributed by atoms with van der Waals surface area (Å²) in [6, 6.07) is 24.7. The van der Waals surface area contributed by atoms with Gasteiger partial charge in [0.2, 0.25) is 11.8 Å². The van der Waals surface area contributed by atoms with Crippen LogP contribution in [0.4, 0.5) is 11.4 Å². The molecule has 0 aliphatic heterocycles. The number of ether oxygens (including phenoxy) is 2. The monoisotopic (exact) mass is 662 g/mol. The predicted molar refractivity (Wildman–Crippen MR) is 192 cm³/mol. The van der Waals surface area contributed by atoms with Crippen LogP contribution in [0.1, 0.15) is 65.1 Å². The third kappa shape index (κ3) is 8.03. The number of Topliss-reactive ketones (excluding diaryl/α,β-unsaturated/α-hetero) is 1. The van der Waals surface area contributed by atoms with Gasteiger partial charge in [0, 0.05) is 23.7 Å². The van der Waals surface area contributed by atoms with Crippen molar-refractivity contribution in [3.05, 3.63) is 118 Å². The van der Waals surface area contributed by atoms with Crippen LogP contribution in [0.2, 0.25) is 0 Å². The van der Waals surface area contributed by atoms with Crippen LogP contribution in [0.3, 0.4) is 0 Å². The number of benzene rings is 4. The van der Waals surface area contributed by atoms with Crippen molar-refractivity contribution in [2.75, 3.05) is 17.2 Å². The van der Waals surface area contributed by atoms with Crippen molar-refractivity contribution >= 4 is 29.0 Å². The molecule has 2 amide bonds. The second-order valence-corrected chi connectivity index (χ2v) is 13.5. The van der Waals surface area contributed by atoms with Crippen molar-refractivity contribution in [1.29, 1.82) is 0 Å². The quantitative estimate of drug-likeness (QED) is 0.151. The van der Waals surface area contributed by atoms with E-state index in [2.05, 4.69) is 10.6 Å². The van der Waals surface area contributed by atoms with Crippen LogP contribution in [0.15, 0.2) is 78.9 Å². The standard InChI is InChI=1S/C41H46N2O6/c1-8-48-35-21-30(16-17-34(35)49-23-29-11-9-10-24(2)18-29)36-37(39(45)42-31-19-25(3)12-14-27(31)5)33(44)22-41(7,47)38(36)40(46)43-32-20-26(4)13-15-28(32)6/h9-21,36-38,47H,8,22-23H2,1-7H3,(H,42,45)(H,43,46). The van der Waals surface area contributed by atoms with E-state index in [4.69, 9.17) is 9.47 Å². The molecule has 0 spiro atoms. The second-order valence-electron chi connectivity index (χ2n) is 13.5. The van der Waals surface area contributed by atoms with Gasteiger partial charge in [-0.15, -0.1) is 0 Å². The first kappa shape index (κ1) is 35.4. The lowest BCUT2D eigenvalue weighted by Crippen LogP contribution is -2.56. The lowest BCUT2D eigenvalue weighted by molar-refractivity contribution is -0.150. The molecule has 1 saturated carbocycles. The summed E-state index contributed by atoms with van der Waals surface area (Å²) in [6.07, 6.45) is -0.366. The molecule has 0 aromatic heterocycles. The predicted octanol–water partition coefficient (Wildman–Crippen LogP) is 7.52. The Morgan fingerprint density at radius 2 is 1.39 bits per heavy atom. The highest BCUT2D eigenvalue weighted by Gasteiger charge is 2.56. The van der Waals surface area contributed by atoms with Crippen molar-refractivity contribution in [1.82, 2.24) is 0 Å². The zero-order valence-corrected chi connectivity index (χ0v) is 29.3. The number of anilines is 2. The van der Waals surface area contributed by atoms with E-state index in [0.717, 1.165) is 33.4 Å². The van der Waals surface area contributed by atoms with Crippen LogP contribution < -0.4 is 20.1 Å². The fourth-order valence-electron chi connectivity index (χ4n) is 6.74. The molecule has 5 rings (SSSR count). The Bertz CT molecular complexity index is 1880. The largest absolute Gasteiger partial charge is 0.490 e. The second kappa shape index (κ2) is 14.7. The zero-order chi connectivity index (χ0) is 35.5. The normalized spacial score (nSPS) is 20.4. The topological polar surface area (TPSA) is 114 Å². The molecule has 8 nitrogen and oxygen atoms in total. The third-order valence-electron chi connectivity index (χ3n) is 9.26. The number of aryl methyl sites for hydroxylation is 5. The Morgan fingerprint density at radius 1 is 0.776 bits per heavy atom. The van der Waals surface area contributed by atoms with Gasteiger partial charge < -0.3 is 25.2 Å². The average Bonchev–Trinajstić information content (AvgIpc) is 3.03. The van der Waals surface area contributed by atoms with Gasteiger partial charge in [-0.05, 0) is 106 Å². The van der Waals surface area contributed by atoms with E-state index in [1.165, 1.54) is 6.92 Å². The number of amides is 2. The smallest absolute Gasteiger partial charge is 0.235 e. The van der Waals surface area contributed by atoms with E-state index in [1.54, 1.807) is 18.2 Å². The van der Waals surface area contributed by atoms with Gasteiger partial charge in [-0.3, -0.25) is 14.4 Å². The number of carbonyl (C=O) groups is 3. The van der Waals surface area contributed by atoms with Crippen LogP contribution in [0.5, 0.6) is 11.5 Å². The number of carbonyl (C=O) groups excluding carboxylic acids is 3. The van der Waals surface area contributed by atoms with Gasteiger partial charge in [-0.1, -0.05) is 60.2 Å². The molecule has 1 aliphatic rings. The molecule has 4 atom stereocenters. The molecule has 4 unspecified atom stereocenters. The van der Waals surface area contributed by atoms with Crippen molar-refractivity contribution in [2.24, 2.45) is 11.8 Å². The van der Waals surface area contributed by atoms with Gasteiger partial charge in [0.1, 0.15) is 18.3 Å². The summed E-state index contributed by atoms with van der Waals surface area (Å²) in [7, 11) is 0. The first-order chi connectivity index (χ1) is 23.3. The van der Waals surface area contributed by atoms with Crippen LogP contribution in [-0.4, -0.2) is 34.9 Å². The maximum Gasteiger partial charge on any atom is 0.235 e. The Kier molecular flexibility index (Phi) is 10.6. The number of nitrogens with one attached hydrogen (secondary N) is 2. The highest BCUT2D eigenvalue weighted by atomic mass is 16.5. The summed E-state index contributed by atoms with van der Waals surface area (Å²) in [4.78, 5) is 42.5. The summed E-state index contributed by atoms with van der Waals surface area (Å²) in [6.45, 7) is 13.6. The molecule has 0 radical (unpaired) electrons. The van der Waals surface area contributed by atoms with Crippen LogP contribution in [-0.2, 0) is 21.0 Å². The number of hydrogen-bond donors (Lipinski definition) is 3. The molecule has 49 heavy (non-hydrogen) atoms. The van der Waals surface area contributed by atoms with E-state index >= 15 is 0 Å². The first-order valence-electron chi connectivity index (χ1n) is 16.7. The summed E-state index contributed by atoms with van der Waals surface area (Å²) < 4.78 is 12.2. The van der Waals surface area contributed by atoms with Crippen molar-refractivity contribution < 1.29 is 29.0 Å². The minimum absolute atomic E-state index is 0.305. The van der Waals surface area contributed by atoms with Gasteiger partial charge in [-0.25, -0.2) is 0 Å². The van der Waals surface area contributed by atoms with Gasteiger partial charge >= 0.3 is 0 Å². The lowest BCUT2D eigenvalue weighted by Gasteiger charge is -2.44. The van der Waals surface area contributed by atoms with Gasteiger partial charge in [0.25, 0.3) is 0 Å². The van der Waals surface area contributed by atoms with E-state index < -0.39 is 41.0 Å². The fourth-order valence-corrected chi connectivity index (χ4v) is 6.74. The van der Waals surface area contributed by atoms with Gasteiger partial charge in [0.05, 0.1) is 18.1 Å². The number of rotatable bonds is 10. The third-order valence-corrected chi connectivity index (χ3v) is 9.26. The molecule has 0 bridgehead atoms. The Labute approximate surface area is 288 Å². The maximum absolute atomic E-state index is 14.4. The minimum atomic E-state index is -1.76. The molecule has 8 heteroatoms. The Hall–Kier alpha value is -4.95. The van der Waals surface area contributed by atoms with Crippen LogP contribution in [0, 0.1) is 46.5 Å². The van der Waals surface area contributed by atoms with Crippen molar-refractivity contribution in [2.45, 2.75) is 73.0 Å². The number of ketones is 1. The molecule has 0 heterocycles. The van der Waals surface area contributed by atoms with E-state index in [1.807, 2.05) is 102 Å². The fraction of sp³-hybridized carbons (Fsp3) is 0.341. The maximum atomic E-state index is 14.4.